The lowest BCUT2D eigenvalue weighted by Crippen LogP contribution is -2.57. The van der Waals surface area contributed by atoms with Gasteiger partial charge in [0.05, 0.1) is 6.61 Å². The van der Waals surface area contributed by atoms with Crippen molar-refractivity contribution in [3.05, 3.63) is 33.1 Å². The Hall–Kier alpha value is -2.38. The number of aromatic nitrogens is 2. The Bertz CT molecular complexity index is 802. The number of nitrogens with zero attached hydrogens (tertiary/aromatic N) is 1. The summed E-state index contributed by atoms with van der Waals surface area (Å²) in [5.74, 6) is -1.89. The highest BCUT2D eigenvalue weighted by atomic mass is 16.6. The Morgan fingerprint density at radius 2 is 1.96 bits per heavy atom. The van der Waals surface area contributed by atoms with Crippen LogP contribution in [0.25, 0.3) is 0 Å². The van der Waals surface area contributed by atoms with Gasteiger partial charge in [-0.1, -0.05) is 0 Å². The number of rotatable bonds is 8. The second-order valence-electron chi connectivity index (χ2n) is 5.75. The molecule has 1 aromatic heterocycles. The number of aliphatic hydroxyl groups excluding tert-OH is 1. The van der Waals surface area contributed by atoms with E-state index in [1.54, 1.807) is 0 Å². The first-order chi connectivity index (χ1) is 12.8. The van der Waals surface area contributed by atoms with E-state index in [2.05, 4.69) is 4.74 Å². The molecule has 0 amide bonds. The van der Waals surface area contributed by atoms with E-state index < -0.39 is 66.9 Å². The van der Waals surface area contributed by atoms with Crippen molar-refractivity contribution in [2.75, 3.05) is 34.0 Å². The Balaban J connectivity index is 2.54. The molecule has 1 aliphatic heterocycles. The largest absolute Gasteiger partial charge is 0.454 e. The first-order valence-corrected chi connectivity index (χ1v) is 7.80. The molecule has 2 heterocycles. The van der Waals surface area contributed by atoms with E-state index >= 15 is 0 Å². The molecule has 0 saturated carbocycles. The van der Waals surface area contributed by atoms with Crippen molar-refractivity contribution in [2.24, 2.45) is 0 Å². The predicted octanol–water partition coefficient (Wildman–Crippen LogP) is -3.07. The highest BCUT2D eigenvalue weighted by molar-refractivity contribution is 5.90. The molecular weight excluding hydrogens is 368 g/mol. The number of hydrogen-bond donors (Lipinski definition) is 3. The van der Waals surface area contributed by atoms with Crippen LogP contribution in [0.1, 0.15) is 6.23 Å². The fraction of sp³-hybridized carbons (Fsp3) is 0.600. The summed E-state index contributed by atoms with van der Waals surface area (Å²) in [6, 6.07) is 0.976. The van der Waals surface area contributed by atoms with Gasteiger partial charge >= 0.3 is 11.7 Å². The van der Waals surface area contributed by atoms with Gasteiger partial charge < -0.3 is 29.2 Å². The summed E-state index contributed by atoms with van der Waals surface area (Å²) in [5.41, 5.74) is -4.26. The minimum atomic E-state index is -2.57. The number of carbonyl (C=O) groups is 2. The molecule has 0 unspecified atom stereocenters. The van der Waals surface area contributed by atoms with E-state index in [1.807, 2.05) is 4.98 Å². The Morgan fingerprint density at radius 1 is 1.30 bits per heavy atom. The number of H-pyrrole nitrogens is 1. The monoisotopic (exact) mass is 388 g/mol. The van der Waals surface area contributed by atoms with Crippen LogP contribution < -0.4 is 11.2 Å². The predicted molar refractivity (Wildman–Crippen MR) is 85.9 cm³/mol. The molecule has 0 aliphatic carbocycles. The van der Waals surface area contributed by atoms with Gasteiger partial charge in [-0.2, -0.15) is 0 Å². The molecule has 1 fully saturated rings. The lowest BCUT2D eigenvalue weighted by molar-refractivity contribution is -0.177. The van der Waals surface area contributed by atoms with Crippen LogP contribution in [-0.2, 0) is 28.5 Å². The summed E-state index contributed by atoms with van der Waals surface area (Å²) < 4.78 is 20.7. The van der Waals surface area contributed by atoms with E-state index in [4.69, 9.17) is 14.2 Å². The maximum absolute atomic E-state index is 12.6. The number of hydrogen-bond acceptors (Lipinski definition) is 10. The zero-order valence-corrected chi connectivity index (χ0v) is 14.6. The number of methoxy groups -OCH3 is 2. The third-order valence-electron chi connectivity index (χ3n) is 3.98. The van der Waals surface area contributed by atoms with Crippen molar-refractivity contribution in [1.82, 2.24) is 9.55 Å². The number of aromatic amines is 1. The van der Waals surface area contributed by atoms with Crippen LogP contribution >= 0.6 is 0 Å². The van der Waals surface area contributed by atoms with Crippen molar-refractivity contribution in [1.29, 1.82) is 0 Å². The number of aliphatic hydroxyl groups is 2. The lowest BCUT2D eigenvalue weighted by Gasteiger charge is -2.32. The summed E-state index contributed by atoms with van der Waals surface area (Å²) in [7, 11) is 2.44. The fourth-order valence-electron chi connectivity index (χ4n) is 2.80. The molecule has 4 atom stereocenters. The van der Waals surface area contributed by atoms with E-state index in [0.29, 0.717) is 0 Å². The van der Waals surface area contributed by atoms with Gasteiger partial charge in [-0.25, -0.2) is 9.59 Å². The molecule has 12 heteroatoms. The molecule has 0 spiro atoms. The Kier molecular flexibility index (Phi) is 6.62. The van der Waals surface area contributed by atoms with Crippen LogP contribution in [-0.4, -0.2) is 83.4 Å². The zero-order valence-electron chi connectivity index (χ0n) is 14.6. The number of carbonyl (C=O) groups excluding carboxylic acids is 2. The van der Waals surface area contributed by atoms with Gasteiger partial charge in [0.1, 0.15) is 19.3 Å². The third kappa shape index (κ3) is 3.99. The fourth-order valence-corrected chi connectivity index (χ4v) is 2.80. The minimum Gasteiger partial charge on any atom is -0.454 e. The third-order valence-corrected chi connectivity index (χ3v) is 3.98. The number of nitrogens with one attached hydrogen (secondary N) is 1. The molecule has 3 N–H and O–H groups in total. The molecule has 27 heavy (non-hydrogen) atoms. The average molecular weight is 388 g/mol. The topological polar surface area (TPSA) is 166 Å². The Morgan fingerprint density at radius 3 is 2.52 bits per heavy atom. The van der Waals surface area contributed by atoms with Gasteiger partial charge in [0, 0.05) is 26.5 Å². The van der Waals surface area contributed by atoms with Gasteiger partial charge in [0.25, 0.3) is 5.56 Å². The van der Waals surface area contributed by atoms with Crippen molar-refractivity contribution in [3.63, 3.8) is 0 Å². The highest BCUT2D eigenvalue weighted by Gasteiger charge is 2.63. The SMILES string of the molecule is COCC(=O)O[C@@H]1[C@@H](CO)O[C@@H](n2ccc(=O)[nH]c2=O)[C@@]1(O)C(=O)COC. The van der Waals surface area contributed by atoms with Gasteiger partial charge in [0.15, 0.2) is 18.1 Å². The Labute approximate surface area is 152 Å². The molecule has 0 bridgehead atoms. The zero-order chi connectivity index (χ0) is 20.2. The van der Waals surface area contributed by atoms with E-state index in [-0.39, 0.29) is 0 Å². The van der Waals surface area contributed by atoms with Crippen LogP contribution in [0.15, 0.2) is 21.9 Å². The summed E-state index contributed by atoms with van der Waals surface area (Å²) in [4.78, 5) is 49.8. The van der Waals surface area contributed by atoms with Crippen molar-refractivity contribution in [2.45, 2.75) is 24.0 Å². The number of esters is 1. The van der Waals surface area contributed by atoms with Crippen LogP contribution in [0.2, 0.25) is 0 Å². The summed E-state index contributed by atoms with van der Waals surface area (Å²) in [6.45, 7) is -1.81. The molecular formula is C15H20N2O10. The van der Waals surface area contributed by atoms with Crippen LogP contribution in [0.3, 0.4) is 0 Å². The average Bonchev–Trinajstić information content (AvgIpc) is 2.89. The van der Waals surface area contributed by atoms with E-state index in [9.17, 15) is 29.4 Å². The highest BCUT2D eigenvalue weighted by Crippen LogP contribution is 2.40. The number of Topliss-reactive ketones (excluding diaryl/α,β-unsaturated/α-hetero) is 1. The molecule has 0 radical (unpaired) electrons. The van der Waals surface area contributed by atoms with Gasteiger partial charge in [-0.05, 0) is 0 Å². The van der Waals surface area contributed by atoms with Crippen molar-refractivity contribution >= 4 is 11.8 Å². The van der Waals surface area contributed by atoms with Gasteiger partial charge in [-0.15, -0.1) is 0 Å². The molecule has 1 saturated heterocycles. The molecule has 150 valence electrons. The second kappa shape index (κ2) is 8.54. The molecule has 1 aliphatic rings. The quantitative estimate of drug-likeness (QED) is 0.389. The minimum absolute atomic E-state index is 0.480. The van der Waals surface area contributed by atoms with Crippen LogP contribution in [0, 0.1) is 0 Å². The molecule has 2 rings (SSSR count). The van der Waals surface area contributed by atoms with E-state index in [1.165, 1.54) is 14.2 Å². The summed E-state index contributed by atoms with van der Waals surface area (Å²) in [5, 5.41) is 20.7. The summed E-state index contributed by atoms with van der Waals surface area (Å²) >= 11 is 0. The maximum Gasteiger partial charge on any atom is 0.332 e. The normalized spacial score (nSPS) is 27.5. The summed E-state index contributed by atoms with van der Waals surface area (Å²) in [6.07, 6.45) is -3.68. The first-order valence-electron chi connectivity index (χ1n) is 7.80. The number of ketones is 1. The lowest BCUT2D eigenvalue weighted by atomic mass is 9.89. The van der Waals surface area contributed by atoms with E-state index in [0.717, 1.165) is 16.8 Å². The number of ether oxygens (including phenoxy) is 4. The first kappa shape index (κ1) is 20.9. The standard InChI is InChI=1S/C15H20N2O10/c1-24-6-9(19)15(23)12(27-11(21)7-25-2)8(5-18)26-13(15)17-4-3-10(20)16-14(17)22/h3-4,8,12-13,18,23H,5-7H2,1-2H3,(H,16,20,22)/t8-,12-,13-,15-/m1/s1. The van der Waals surface area contributed by atoms with Crippen LogP contribution in [0.5, 0.6) is 0 Å². The van der Waals surface area contributed by atoms with Gasteiger partial charge in [-0.3, -0.25) is 19.1 Å². The molecule has 12 nitrogen and oxygen atoms in total. The van der Waals surface area contributed by atoms with Crippen molar-refractivity contribution < 1.29 is 38.7 Å². The smallest absolute Gasteiger partial charge is 0.332 e. The maximum atomic E-state index is 12.6. The molecule has 0 aromatic carbocycles. The van der Waals surface area contributed by atoms with Crippen LogP contribution in [0.4, 0.5) is 0 Å². The van der Waals surface area contributed by atoms with Crippen molar-refractivity contribution in [3.8, 4) is 0 Å². The second-order valence-corrected chi connectivity index (χ2v) is 5.75. The molecule has 1 aromatic rings. The van der Waals surface area contributed by atoms with Gasteiger partial charge in [0.2, 0.25) is 5.60 Å².